The molecular weight excluding hydrogens is 240 g/mol. The highest BCUT2D eigenvalue weighted by molar-refractivity contribution is 5.79. The summed E-state index contributed by atoms with van der Waals surface area (Å²) in [6.45, 7) is 5.55. The average Bonchev–Trinajstić information content (AvgIpc) is 2.37. The van der Waals surface area contributed by atoms with Gasteiger partial charge < -0.3 is 9.75 Å². The van der Waals surface area contributed by atoms with Gasteiger partial charge in [0, 0.05) is 11.5 Å². The Kier molecular flexibility index (Phi) is 3.03. The summed E-state index contributed by atoms with van der Waals surface area (Å²) in [5.74, 6) is 0. The molecule has 1 aromatic carbocycles. The molecule has 1 aliphatic rings. The van der Waals surface area contributed by atoms with Gasteiger partial charge in [0.1, 0.15) is 0 Å². The van der Waals surface area contributed by atoms with E-state index in [4.69, 9.17) is 4.74 Å². The van der Waals surface area contributed by atoms with Crippen molar-refractivity contribution in [3.05, 3.63) is 46.8 Å². The second kappa shape index (κ2) is 4.70. The minimum atomic E-state index is 0.0139. The highest BCUT2D eigenvalue weighted by atomic mass is 16.5. The van der Waals surface area contributed by atoms with Crippen molar-refractivity contribution in [3.63, 3.8) is 0 Å². The van der Waals surface area contributed by atoms with Gasteiger partial charge in [0.15, 0.2) is 0 Å². The van der Waals surface area contributed by atoms with Gasteiger partial charge in [-0.25, -0.2) is 4.68 Å². The minimum absolute atomic E-state index is 0.0139. The largest absolute Gasteiger partial charge is 0.372 e. The van der Waals surface area contributed by atoms with E-state index < -0.39 is 0 Å². The Morgan fingerprint density at radius 2 is 1.74 bits per heavy atom. The van der Waals surface area contributed by atoms with Crippen molar-refractivity contribution in [2.75, 3.05) is 18.1 Å². The molecule has 0 spiro atoms. The molecule has 19 heavy (non-hydrogen) atoms. The van der Waals surface area contributed by atoms with Crippen LogP contribution >= 0.6 is 0 Å². The molecule has 2 heterocycles. The lowest BCUT2D eigenvalue weighted by Crippen LogP contribution is -2.54. The summed E-state index contributed by atoms with van der Waals surface area (Å²) in [5.41, 5.74) is 0.969. The molecule has 0 N–H and O–H groups in total. The summed E-state index contributed by atoms with van der Waals surface area (Å²) >= 11 is 0. The number of hydrogen-bond donors (Lipinski definition) is 0. The van der Waals surface area contributed by atoms with E-state index in [0.29, 0.717) is 0 Å². The molecule has 1 saturated heterocycles. The Labute approximate surface area is 112 Å². The van der Waals surface area contributed by atoms with Crippen LogP contribution in [-0.4, -0.2) is 30.0 Å². The molecule has 1 aliphatic heterocycles. The number of morpholine rings is 1. The molecule has 1 fully saturated rings. The fourth-order valence-corrected chi connectivity index (χ4v) is 2.78. The minimum Gasteiger partial charge on any atom is -0.372 e. The van der Waals surface area contributed by atoms with Crippen LogP contribution in [0.4, 0.5) is 0 Å². The van der Waals surface area contributed by atoms with Crippen molar-refractivity contribution in [1.29, 1.82) is 0 Å². The molecule has 4 heteroatoms. The molecule has 2 aromatic rings. The average molecular weight is 258 g/mol. The van der Waals surface area contributed by atoms with E-state index in [2.05, 4.69) is 5.01 Å². The monoisotopic (exact) mass is 258 g/mol. The zero-order chi connectivity index (χ0) is 13.4. The molecule has 0 amide bonds. The van der Waals surface area contributed by atoms with Gasteiger partial charge in [0.05, 0.1) is 30.8 Å². The number of rotatable bonds is 1. The van der Waals surface area contributed by atoms with Crippen LogP contribution in [0.1, 0.15) is 13.8 Å². The van der Waals surface area contributed by atoms with Gasteiger partial charge in [-0.05, 0) is 26.0 Å². The van der Waals surface area contributed by atoms with Crippen LogP contribution in [-0.2, 0) is 4.74 Å². The highest BCUT2D eigenvalue weighted by Gasteiger charge is 2.23. The number of nitrogens with zero attached hydrogens (tertiary/aromatic N) is 2. The number of benzene rings is 1. The van der Waals surface area contributed by atoms with E-state index in [1.165, 1.54) is 0 Å². The predicted octanol–water partition coefficient (Wildman–Crippen LogP) is 1.75. The molecule has 0 saturated carbocycles. The molecule has 1 aromatic heterocycles. The number of aromatic nitrogens is 1. The van der Waals surface area contributed by atoms with Crippen LogP contribution < -0.4 is 10.6 Å². The molecule has 0 radical (unpaired) electrons. The molecule has 2 atom stereocenters. The van der Waals surface area contributed by atoms with Crippen molar-refractivity contribution in [2.24, 2.45) is 0 Å². The normalized spacial score (nSPS) is 23.8. The smallest absolute Gasteiger partial charge is 0.269 e. The number of pyridine rings is 1. The van der Waals surface area contributed by atoms with Crippen LogP contribution in [0, 0.1) is 0 Å². The van der Waals surface area contributed by atoms with Gasteiger partial charge in [0.2, 0.25) is 0 Å². The van der Waals surface area contributed by atoms with Crippen molar-refractivity contribution < 1.29 is 4.74 Å². The summed E-state index contributed by atoms with van der Waals surface area (Å²) in [4.78, 5) is 12.2. The molecule has 0 unspecified atom stereocenters. The Morgan fingerprint density at radius 3 is 2.47 bits per heavy atom. The third-order valence-corrected chi connectivity index (χ3v) is 3.46. The Hall–Kier alpha value is -1.81. The van der Waals surface area contributed by atoms with E-state index in [9.17, 15) is 4.79 Å². The van der Waals surface area contributed by atoms with Crippen molar-refractivity contribution >= 4 is 10.9 Å². The van der Waals surface area contributed by atoms with E-state index in [-0.39, 0.29) is 17.8 Å². The first kappa shape index (κ1) is 12.2. The van der Waals surface area contributed by atoms with Gasteiger partial charge in [0.25, 0.3) is 5.56 Å². The van der Waals surface area contributed by atoms with Gasteiger partial charge >= 0.3 is 0 Å². The fraction of sp³-hybridized carbons (Fsp3) is 0.400. The Bertz CT molecular complexity index is 640. The molecular formula is C15H18N2O2. The molecule has 0 aliphatic carbocycles. The quantitative estimate of drug-likeness (QED) is 0.781. The maximum Gasteiger partial charge on any atom is 0.269 e. The first-order valence-electron chi connectivity index (χ1n) is 6.66. The van der Waals surface area contributed by atoms with E-state index >= 15 is 0 Å². The van der Waals surface area contributed by atoms with E-state index in [1.54, 1.807) is 10.7 Å². The first-order chi connectivity index (χ1) is 9.15. The third kappa shape index (κ3) is 2.24. The number of hydrogen-bond acceptors (Lipinski definition) is 3. The van der Waals surface area contributed by atoms with Crippen LogP contribution in [0.25, 0.3) is 10.9 Å². The van der Waals surface area contributed by atoms with Crippen molar-refractivity contribution in [3.8, 4) is 0 Å². The van der Waals surface area contributed by atoms with Crippen LogP contribution in [0.15, 0.2) is 41.2 Å². The fourth-order valence-electron chi connectivity index (χ4n) is 2.78. The van der Waals surface area contributed by atoms with E-state index in [1.807, 2.05) is 44.2 Å². The first-order valence-corrected chi connectivity index (χ1v) is 6.66. The van der Waals surface area contributed by atoms with Gasteiger partial charge in [-0.2, -0.15) is 0 Å². The van der Waals surface area contributed by atoms with Crippen LogP contribution in [0.5, 0.6) is 0 Å². The lowest BCUT2D eigenvalue weighted by atomic mass is 10.2. The second-order valence-electron chi connectivity index (χ2n) is 5.17. The standard InChI is InChI=1S/C15H18N2O2/c1-11-9-16(10-12(2)19-11)17-14-6-4-3-5-13(14)7-8-15(17)18/h3-8,11-12H,9-10H2,1-2H3/t11-,12+. The van der Waals surface area contributed by atoms with Crippen LogP contribution in [0.3, 0.4) is 0 Å². The molecule has 0 bridgehead atoms. The lowest BCUT2D eigenvalue weighted by molar-refractivity contribution is -0.0132. The summed E-state index contributed by atoms with van der Waals surface area (Å²) in [6.07, 6.45) is 0.268. The number of fused-ring (bicyclic) bond motifs is 1. The lowest BCUT2D eigenvalue weighted by Gasteiger charge is -2.37. The SMILES string of the molecule is C[C@@H]1CN(n2c(=O)ccc3ccccc32)C[C@H](C)O1. The number of ether oxygens (including phenoxy) is 1. The second-order valence-corrected chi connectivity index (χ2v) is 5.17. The molecule has 3 rings (SSSR count). The molecule has 100 valence electrons. The zero-order valence-corrected chi connectivity index (χ0v) is 11.2. The summed E-state index contributed by atoms with van der Waals surface area (Å²) in [6, 6.07) is 11.5. The summed E-state index contributed by atoms with van der Waals surface area (Å²) < 4.78 is 7.52. The number of para-hydroxylation sites is 1. The van der Waals surface area contributed by atoms with Gasteiger partial charge in [-0.15, -0.1) is 0 Å². The topological polar surface area (TPSA) is 34.5 Å². The van der Waals surface area contributed by atoms with Crippen LogP contribution in [0.2, 0.25) is 0 Å². The maximum atomic E-state index is 12.2. The predicted molar refractivity (Wildman–Crippen MR) is 76.2 cm³/mol. The Morgan fingerprint density at radius 1 is 1.05 bits per heavy atom. The zero-order valence-electron chi connectivity index (χ0n) is 11.2. The van der Waals surface area contributed by atoms with Gasteiger partial charge in [-0.1, -0.05) is 18.2 Å². The van der Waals surface area contributed by atoms with Gasteiger partial charge in [-0.3, -0.25) is 4.79 Å². The maximum absolute atomic E-state index is 12.2. The third-order valence-electron chi connectivity index (χ3n) is 3.46. The highest BCUT2D eigenvalue weighted by Crippen LogP contribution is 2.15. The summed E-state index contributed by atoms with van der Waals surface area (Å²) in [7, 11) is 0. The van der Waals surface area contributed by atoms with Crippen molar-refractivity contribution in [1.82, 2.24) is 4.68 Å². The van der Waals surface area contributed by atoms with E-state index in [0.717, 1.165) is 24.0 Å². The summed E-state index contributed by atoms with van der Waals surface area (Å²) in [5, 5.41) is 3.16. The molecule has 4 nitrogen and oxygen atoms in total. The van der Waals surface area contributed by atoms with Crippen molar-refractivity contribution in [2.45, 2.75) is 26.1 Å². The Balaban J connectivity index is 2.13.